The molecule has 31 heavy (non-hydrogen) atoms. The lowest BCUT2D eigenvalue weighted by Gasteiger charge is -2.24. The first kappa shape index (κ1) is 20.2. The average molecular weight is 417 g/mol. The van der Waals surface area contributed by atoms with E-state index in [9.17, 15) is 29.7 Å². The van der Waals surface area contributed by atoms with Crippen molar-refractivity contribution in [3.63, 3.8) is 0 Å². The Kier molecular flexibility index (Phi) is 4.54. The molecule has 7 nitrogen and oxygen atoms in total. The van der Waals surface area contributed by atoms with Gasteiger partial charge in [0.25, 0.3) is 0 Å². The Balaban J connectivity index is 2.11. The maximum absolute atomic E-state index is 13.4. The first-order valence-corrected chi connectivity index (χ1v) is 9.29. The number of phenols is 3. The molecule has 1 aliphatic rings. The van der Waals surface area contributed by atoms with Gasteiger partial charge in [-0.15, -0.1) is 0 Å². The number of phenolic OH excluding ortho intramolecular Hbond substituents is 3. The van der Waals surface area contributed by atoms with Crippen LogP contribution in [0.4, 0.5) is 0 Å². The highest BCUT2D eigenvalue weighted by molar-refractivity contribution is 6.32. The minimum Gasteiger partial charge on any atom is -0.507 e. The smallest absolute Gasteiger partial charge is 0.201 e. The predicted molar refractivity (Wildman–Crippen MR) is 110 cm³/mol. The highest BCUT2D eigenvalue weighted by Crippen LogP contribution is 2.46. The van der Waals surface area contributed by atoms with Crippen LogP contribution in [0.25, 0.3) is 11.1 Å². The summed E-state index contributed by atoms with van der Waals surface area (Å²) in [7, 11) is 1.34. The second-order valence-electron chi connectivity index (χ2n) is 7.21. The molecule has 0 aliphatic heterocycles. The molecular weight excluding hydrogens is 400 g/mol. The SMILES string of the molecule is COc1c[c]c(-c2c(C)cc(O)c3c2C(=O)c2cccc(O)c2C3=O)c(O)c1C(C)=O. The molecule has 4 rings (SSSR count). The topological polar surface area (TPSA) is 121 Å². The van der Waals surface area contributed by atoms with Gasteiger partial charge in [-0.3, -0.25) is 14.4 Å². The standard InChI is InChI=1S/C24H17O7/c1-10-9-15(27)20-21(23(29)12-5-4-6-14(26)19(12)24(20)30)17(10)13-7-8-16(31-3)18(11(2)25)22(13)28/h4-6,8-9,26-28H,1-3H3. The van der Waals surface area contributed by atoms with Crippen molar-refractivity contribution in [2.75, 3.05) is 7.11 Å². The molecular formula is C24H17O7. The van der Waals surface area contributed by atoms with Crippen LogP contribution in [0.2, 0.25) is 0 Å². The number of aryl methyl sites for hydroxylation is 1. The number of methoxy groups -OCH3 is 1. The highest BCUT2D eigenvalue weighted by Gasteiger charge is 2.37. The maximum Gasteiger partial charge on any atom is 0.201 e. The molecule has 0 amide bonds. The van der Waals surface area contributed by atoms with E-state index < -0.39 is 28.8 Å². The minimum atomic E-state index is -0.721. The molecule has 3 aromatic carbocycles. The number of benzene rings is 3. The zero-order valence-corrected chi connectivity index (χ0v) is 16.9. The summed E-state index contributed by atoms with van der Waals surface area (Å²) in [6.45, 7) is 2.85. The second-order valence-corrected chi connectivity index (χ2v) is 7.21. The van der Waals surface area contributed by atoms with Gasteiger partial charge < -0.3 is 20.1 Å². The Morgan fingerprint density at radius 3 is 2.32 bits per heavy atom. The fourth-order valence-corrected chi connectivity index (χ4v) is 4.02. The number of ether oxygens (including phenoxy) is 1. The molecule has 0 saturated carbocycles. The van der Waals surface area contributed by atoms with Gasteiger partial charge in [-0.25, -0.2) is 0 Å². The van der Waals surface area contributed by atoms with Crippen LogP contribution in [-0.4, -0.2) is 39.8 Å². The molecule has 1 aliphatic carbocycles. The van der Waals surface area contributed by atoms with Crippen LogP contribution in [0.5, 0.6) is 23.0 Å². The fourth-order valence-electron chi connectivity index (χ4n) is 4.02. The van der Waals surface area contributed by atoms with Crippen LogP contribution >= 0.6 is 0 Å². The summed E-state index contributed by atoms with van der Waals surface area (Å²) in [5.41, 5.74) is -0.176. The van der Waals surface area contributed by atoms with Crippen molar-refractivity contribution in [2.45, 2.75) is 13.8 Å². The molecule has 0 spiro atoms. The van der Waals surface area contributed by atoms with Crippen LogP contribution in [0, 0.1) is 13.0 Å². The number of aromatic hydroxyl groups is 3. The van der Waals surface area contributed by atoms with Crippen molar-refractivity contribution < 1.29 is 34.4 Å². The Bertz CT molecular complexity index is 1320. The molecule has 0 heterocycles. The van der Waals surface area contributed by atoms with Crippen molar-refractivity contribution in [1.29, 1.82) is 0 Å². The summed E-state index contributed by atoms with van der Waals surface area (Å²) in [4.78, 5) is 38.7. The largest absolute Gasteiger partial charge is 0.507 e. The van der Waals surface area contributed by atoms with E-state index in [1.165, 1.54) is 44.4 Å². The van der Waals surface area contributed by atoms with E-state index in [0.717, 1.165) is 0 Å². The van der Waals surface area contributed by atoms with Gasteiger partial charge >= 0.3 is 0 Å². The van der Waals surface area contributed by atoms with Crippen LogP contribution < -0.4 is 4.74 Å². The summed E-state index contributed by atoms with van der Waals surface area (Å²) in [5, 5.41) is 31.5. The molecule has 3 aromatic rings. The monoisotopic (exact) mass is 417 g/mol. The number of ketones is 3. The van der Waals surface area contributed by atoms with E-state index in [2.05, 4.69) is 6.07 Å². The van der Waals surface area contributed by atoms with Gasteiger partial charge in [0.05, 0.1) is 18.2 Å². The summed E-state index contributed by atoms with van der Waals surface area (Å²) in [6, 6.07) is 9.59. The zero-order valence-electron chi connectivity index (χ0n) is 16.9. The average Bonchev–Trinajstić information content (AvgIpc) is 2.71. The summed E-state index contributed by atoms with van der Waals surface area (Å²) < 4.78 is 5.14. The first-order chi connectivity index (χ1) is 14.7. The lowest BCUT2D eigenvalue weighted by atomic mass is 9.78. The fraction of sp³-hybridized carbons (Fsp3) is 0.125. The number of rotatable bonds is 3. The van der Waals surface area contributed by atoms with E-state index in [1.54, 1.807) is 6.92 Å². The normalized spacial score (nSPS) is 12.4. The molecule has 0 aromatic heterocycles. The molecule has 0 atom stereocenters. The summed E-state index contributed by atoms with van der Waals surface area (Å²) in [5.74, 6) is -2.94. The second kappa shape index (κ2) is 6.98. The predicted octanol–water partition coefficient (Wildman–Crippen LogP) is 3.57. The van der Waals surface area contributed by atoms with Crippen LogP contribution in [-0.2, 0) is 0 Å². The van der Waals surface area contributed by atoms with E-state index in [0.29, 0.717) is 5.56 Å². The highest BCUT2D eigenvalue weighted by atomic mass is 16.5. The van der Waals surface area contributed by atoms with Crippen LogP contribution in [0.1, 0.15) is 54.7 Å². The molecule has 7 heteroatoms. The summed E-state index contributed by atoms with van der Waals surface area (Å²) >= 11 is 0. The van der Waals surface area contributed by atoms with E-state index in [-0.39, 0.29) is 50.4 Å². The van der Waals surface area contributed by atoms with Gasteiger partial charge in [0.15, 0.2) is 11.6 Å². The van der Waals surface area contributed by atoms with Gasteiger partial charge in [0.2, 0.25) is 5.78 Å². The maximum atomic E-state index is 13.4. The van der Waals surface area contributed by atoms with Crippen LogP contribution in [0.15, 0.2) is 30.3 Å². The van der Waals surface area contributed by atoms with Crippen molar-refractivity contribution in [3.8, 4) is 34.1 Å². The number of carbonyl (C=O) groups excluding carboxylic acids is 3. The Labute approximate surface area is 177 Å². The van der Waals surface area contributed by atoms with Gasteiger partial charge in [-0.2, -0.15) is 0 Å². The number of hydrogen-bond donors (Lipinski definition) is 3. The number of hydrogen-bond acceptors (Lipinski definition) is 7. The molecule has 1 radical (unpaired) electrons. The van der Waals surface area contributed by atoms with E-state index in [1.807, 2.05) is 0 Å². The third-order valence-corrected chi connectivity index (χ3v) is 5.36. The lowest BCUT2D eigenvalue weighted by molar-refractivity contribution is 0.0974. The number of Topliss-reactive ketones (excluding diaryl/α,β-unsaturated/α-hetero) is 1. The Morgan fingerprint density at radius 1 is 0.968 bits per heavy atom. The Hall–Kier alpha value is -4.13. The van der Waals surface area contributed by atoms with Crippen LogP contribution in [0.3, 0.4) is 0 Å². The van der Waals surface area contributed by atoms with E-state index >= 15 is 0 Å². The number of carbonyl (C=O) groups is 3. The molecule has 0 unspecified atom stereocenters. The molecule has 3 N–H and O–H groups in total. The van der Waals surface area contributed by atoms with E-state index in [4.69, 9.17) is 4.74 Å². The minimum absolute atomic E-state index is 0.0181. The molecule has 0 fully saturated rings. The van der Waals surface area contributed by atoms with Gasteiger partial charge in [0.1, 0.15) is 28.6 Å². The van der Waals surface area contributed by atoms with Gasteiger partial charge in [0, 0.05) is 22.3 Å². The quantitative estimate of drug-likeness (QED) is 0.436. The van der Waals surface area contributed by atoms with Crippen molar-refractivity contribution in [2.24, 2.45) is 0 Å². The van der Waals surface area contributed by atoms with Gasteiger partial charge in [-0.1, -0.05) is 12.1 Å². The third kappa shape index (κ3) is 2.78. The number of fused-ring (bicyclic) bond motifs is 2. The Morgan fingerprint density at radius 2 is 1.68 bits per heavy atom. The lowest BCUT2D eigenvalue weighted by Crippen LogP contribution is -2.22. The molecule has 0 bridgehead atoms. The molecule has 0 saturated heterocycles. The van der Waals surface area contributed by atoms with Gasteiger partial charge in [-0.05, 0) is 43.7 Å². The zero-order chi connectivity index (χ0) is 22.6. The summed E-state index contributed by atoms with van der Waals surface area (Å²) in [6.07, 6.45) is 0. The molecule has 155 valence electrons. The third-order valence-electron chi connectivity index (χ3n) is 5.36. The van der Waals surface area contributed by atoms with Crippen molar-refractivity contribution in [3.05, 3.63) is 69.8 Å². The first-order valence-electron chi connectivity index (χ1n) is 9.29. The van der Waals surface area contributed by atoms with Crippen molar-refractivity contribution in [1.82, 2.24) is 0 Å². The van der Waals surface area contributed by atoms with Crippen molar-refractivity contribution >= 4 is 17.3 Å².